The molecule has 0 saturated carbocycles. The van der Waals surface area contributed by atoms with E-state index in [4.69, 9.17) is 0 Å². The Kier molecular flexibility index (Phi) is 5.48. The van der Waals surface area contributed by atoms with Crippen LogP contribution >= 0.6 is 0 Å². The number of benzene rings is 1. The number of nitrogens with one attached hydrogen (secondary N) is 1. The number of piperidine rings is 1. The number of sulfonamides is 1. The molecule has 0 bridgehead atoms. The van der Waals surface area contributed by atoms with Crippen molar-refractivity contribution in [2.24, 2.45) is 0 Å². The van der Waals surface area contributed by atoms with Crippen LogP contribution in [0.3, 0.4) is 0 Å². The van der Waals surface area contributed by atoms with E-state index in [1.807, 2.05) is 0 Å². The Hall–Kier alpha value is -2.40. The van der Waals surface area contributed by atoms with Gasteiger partial charge in [-0.15, -0.1) is 0 Å². The number of nitrogens with zero attached hydrogens (tertiary/aromatic N) is 3. The molecule has 2 heterocycles. The van der Waals surface area contributed by atoms with Crippen LogP contribution in [0.5, 0.6) is 0 Å². The minimum absolute atomic E-state index is 0.103. The van der Waals surface area contributed by atoms with E-state index in [1.54, 1.807) is 0 Å². The van der Waals surface area contributed by atoms with E-state index in [0.717, 1.165) is 23.2 Å². The Morgan fingerprint density at radius 1 is 1.29 bits per heavy atom. The highest BCUT2D eigenvalue weighted by Gasteiger charge is 2.35. The molecule has 152 valence electrons. The summed E-state index contributed by atoms with van der Waals surface area (Å²) in [6.07, 6.45) is -1.19. The third kappa shape index (κ3) is 4.53. The molecule has 0 radical (unpaired) electrons. The zero-order valence-corrected chi connectivity index (χ0v) is 15.8. The minimum Gasteiger partial charge on any atom is -0.348 e. The Morgan fingerprint density at radius 2 is 2.04 bits per heavy atom. The van der Waals surface area contributed by atoms with Crippen molar-refractivity contribution in [1.29, 1.82) is 0 Å². The van der Waals surface area contributed by atoms with Crippen LogP contribution in [0.15, 0.2) is 36.5 Å². The molecule has 1 unspecified atom stereocenters. The summed E-state index contributed by atoms with van der Waals surface area (Å²) in [4.78, 5) is 12.5. The average Bonchev–Trinajstić information content (AvgIpc) is 3.11. The van der Waals surface area contributed by atoms with Gasteiger partial charge in [0.2, 0.25) is 10.0 Å². The summed E-state index contributed by atoms with van der Waals surface area (Å²) < 4.78 is 64.6. The van der Waals surface area contributed by atoms with Crippen LogP contribution < -0.4 is 5.32 Å². The van der Waals surface area contributed by atoms with Gasteiger partial charge in [0.05, 0.1) is 18.1 Å². The fraction of sp³-hybridized carbons (Fsp3) is 0.412. The predicted molar refractivity (Wildman–Crippen MR) is 95.5 cm³/mol. The molecule has 28 heavy (non-hydrogen) atoms. The second-order valence-corrected chi connectivity index (χ2v) is 8.59. The number of alkyl halides is 3. The summed E-state index contributed by atoms with van der Waals surface area (Å²) in [6.45, 7) is 0.571. The number of carbonyl (C=O) groups excluding carboxylic acids is 1. The van der Waals surface area contributed by atoms with Crippen LogP contribution in [0.1, 0.15) is 28.9 Å². The number of aromatic nitrogens is 2. The third-order valence-corrected chi connectivity index (χ3v) is 5.74. The molecular weight excluding hydrogens is 397 g/mol. The summed E-state index contributed by atoms with van der Waals surface area (Å²) in [6, 6.07) is 6.17. The van der Waals surface area contributed by atoms with Crippen molar-refractivity contribution in [3.63, 3.8) is 0 Å². The van der Waals surface area contributed by atoms with Gasteiger partial charge in [0, 0.05) is 24.7 Å². The monoisotopic (exact) mass is 416 g/mol. The molecule has 1 aliphatic rings. The van der Waals surface area contributed by atoms with Crippen LogP contribution in [0, 0.1) is 0 Å². The van der Waals surface area contributed by atoms with Gasteiger partial charge in [-0.1, -0.05) is 6.07 Å². The number of carbonyl (C=O) groups is 1. The molecule has 7 nitrogen and oxygen atoms in total. The Labute approximate surface area is 160 Å². The number of hydrogen-bond donors (Lipinski definition) is 1. The van der Waals surface area contributed by atoms with Crippen molar-refractivity contribution in [3.8, 4) is 5.69 Å². The molecule has 1 N–H and O–H groups in total. The predicted octanol–water partition coefficient (Wildman–Crippen LogP) is 2.04. The normalized spacial score (nSPS) is 18.8. The Balaban J connectivity index is 1.77. The van der Waals surface area contributed by atoms with Crippen molar-refractivity contribution in [1.82, 2.24) is 19.4 Å². The van der Waals surface area contributed by atoms with E-state index < -0.39 is 27.8 Å². The van der Waals surface area contributed by atoms with Crippen LogP contribution in [0.4, 0.5) is 13.2 Å². The average molecular weight is 416 g/mol. The van der Waals surface area contributed by atoms with Crippen molar-refractivity contribution >= 4 is 15.9 Å². The maximum Gasteiger partial charge on any atom is 0.433 e. The minimum atomic E-state index is -4.58. The van der Waals surface area contributed by atoms with Gasteiger partial charge in [-0.3, -0.25) is 4.79 Å². The lowest BCUT2D eigenvalue weighted by atomic mass is 10.1. The number of hydrogen-bond acceptors (Lipinski definition) is 4. The molecule has 1 atom stereocenters. The number of halogens is 3. The molecule has 1 aromatic carbocycles. The molecule has 0 spiro atoms. The zero-order chi connectivity index (χ0) is 20.5. The van der Waals surface area contributed by atoms with Gasteiger partial charge in [0.1, 0.15) is 5.69 Å². The summed E-state index contributed by atoms with van der Waals surface area (Å²) in [5.74, 6) is -0.483. The molecule has 1 aliphatic heterocycles. The van der Waals surface area contributed by atoms with Crippen molar-refractivity contribution < 1.29 is 26.4 Å². The second kappa shape index (κ2) is 7.55. The first-order chi connectivity index (χ1) is 13.1. The topological polar surface area (TPSA) is 84.3 Å². The first-order valence-electron chi connectivity index (χ1n) is 8.53. The molecular formula is C17H19F3N4O3S. The van der Waals surface area contributed by atoms with Gasteiger partial charge in [-0.05, 0) is 37.1 Å². The molecule has 2 aromatic rings. The van der Waals surface area contributed by atoms with Gasteiger partial charge in [0.15, 0.2) is 0 Å². The van der Waals surface area contributed by atoms with Crippen molar-refractivity contribution in [2.45, 2.75) is 25.1 Å². The van der Waals surface area contributed by atoms with Gasteiger partial charge < -0.3 is 5.32 Å². The van der Waals surface area contributed by atoms with E-state index in [-0.39, 0.29) is 23.8 Å². The van der Waals surface area contributed by atoms with E-state index in [2.05, 4.69) is 10.4 Å². The van der Waals surface area contributed by atoms with Crippen molar-refractivity contribution in [3.05, 3.63) is 47.8 Å². The SMILES string of the molecule is CS(=O)(=O)N1CCCC(NC(=O)c2cccc(-n3nccc3C(F)(F)F)c2)C1. The lowest BCUT2D eigenvalue weighted by molar-refractivity contribution is -0.142. The molecule has 1 saturated heterocycles. The molecule has 1 fully saturated rings. The standard InChI is InChI=1S/C17H19F3N4O3S/c1-28(26,27)23-9-3-5-13(11-23)22-16(25)12-4-2-6-14(10-12)24-15(7-8-21-24)17(18,19)20/h2,4,6-8,10,13H,3,5,9,11H2,1H3,(H,22,25). The zero-order valence-electron chi connectivity index (χ0n) is 15.0. The van der Waals surface area contributed by atoms with E-state index >= 15 is 0 Å². The van der Waals surface area contributed by atoms with Crippen LogP contribution in [0.2, 0.25) is 0 Å². The summed E-state index contributed by atoms with van der Waals surface area (Å²) >= 11 is 0. The molecule has 1 aromatic heterocycles. The summed E-state index contributed by atoms with van der Waals surface area (Å²) in [5.41, 5.74) is -0.676. The van der Waals surface area contributed by atoms with Crippen LogP contribution in [-0.2, 0) is 16.2 Å². The first kappa shape index (κ1) is 20.3. The van der Waals surface area contributed by atoms with Gasteiger partial charge in [-0.2, -0.15) is 18.3 Å². The smallest absolute Gasteiger partial charge is 0.348 e. The highest BCUT2D eigenvalue weighted by atomic mass is 32.2. The van der Waals surface area contributed by atoms with Crippen molar-refractivity contribution in [2.75, 3.05) is 19.3 Å². The molecule has 3 rings (SSSR count). The van der Waals surface area contributed by atoms with Gasteiger partial charge in [-0.25, -0.2) is 17.4 Å². The third-order valence-electron chi connectivity index (χ3n) is 4.47. The largest absolute Gasteiger partial charge is 0.433 e. The first-order valence-corrected chi connectivity index (χ1v) is 10.4. The van der Waals surface area contributed by atoms with Gasteiger partial charge in [0.25, 0.3) is 5.91 Å². The molecule has 1 amide bonds. The fourth-order valence-corrected chi connectivity index (χ4v) is 4.04. The number of rotatable bonds is 4. The Morgan fingerprint density at radius 3 is 2.71 bits per heavy atom. The lowest BCUT2D eigenvalue weighted by Gasteiger charge is -2.31. The maximum absolute atomic E-state index is 13.1. The lowest BCUT2D eigenvalue weighted by Crippen LogP contribution is -2.49. The van der Waals surface area contributed by atoms with Gasteiger partial charge >= 0.3 is 6.18 Å². The highest BCUT2D eigenvalue weighted by molar-refractivity contribution is 7.88. The van der Waals surface area contributed by atoms with Crippen LogP contribution in [-0.4, -0.2) is 53.8 Å². The van der Waals surface area contributed by atoms with E-state index in [1.165, 1.54) is 28.6 Å². The Bertz CT molecular complexity index is 972. The molecule has 11 heteroatoms. The van der Waals surface area contributed by atoms with E-state index in [0.29, 0.717) is 19.4 Å². The van der Waals surface area contributed by atoms with Crippen LogP contribution in [0.25, 0.3) is 5.69 Å². The number of amides is 1. The quantitative estimate of drug-likeness (QED) is 0.827. The summed E-state index contributed by atoms with van der Waals surface area (Å²) in [7, 11) is -3.35. The fourth-order valence-electron chi connectivity index (χ4n) is 3.13. The highest BCUT2D eigenvalue weighted by Crippen LogP contribution is 2.30. The van der Waals surface area contributed by atoms with E-state index in [9.17, 15) is 26.4 Å². The molecule has 0 aliphatic carbocycles. The second-order valence-electron chi connectivity index (χ2n) is 6.61. The maximum atomic E-state index is 13.1. The summed E-state index contributed by atoms with van der Waals surface area (Å²) in [5, 5.41) is 6.46.